The van der Waals surface area contributed by atoms with E-state index in [4.69, 9.17) is 0 Å². The Morgan fingerprint density at radius 1 is 1.64 bits per heavy atom. The van der Waals surface area contributed by atoms with E-state index in [-0.39, 0.29) is 10.8 Å². The van der Waals surface area contributed by atoms with Crippen molar-refractivity contribution in [3.63, 3.8) is 0 Å². The van der Waals surface area contributed by atoms with Gasteiger partial charge in [-0.15, -0.1) is 0 Å². The molecule has 0 spiro atoms. The van der Waals surface area contributed by atoms with Gasteiger partial charge in [0.25, 0.3) is 0 Å². The predicted octanol–water partition coefficient (Wildman–Crippen LogP) is 1.11. The van der Waals surface area contributed by atoms with Crippen LogP contribution in [0.5, 0.6) is 0 Å². The Morgan fingerprint density at radius 2 is 2.29 bits per heavy atom. The molecular weight excluding hydrogens is 202 g/mol. The topological polar surface area (TPSA) is 48.3 Å². The molecule has 0 fully saturated rings. The molecule has 78 valence electrons. The van der Waals surface area contributed by atoms with Gasteiger partial charge in [0.2, 0.25) is 0 Å². The molecule has 1 aromatic heterocycles. The molecular formula is C9H13NO3S. The highest BCUT2D eigenvalue weighted by Gasteiger charge is 2.29. The normalized spacial score (nSPS) is 11.4. The molecule has 4 nitrogen and oxygen atoms in total. The van der Waals surface area contributed by atoms with E-state index in [0.29, 0.717) is 6.54 Å². The van der Waals surface area contributed by atoms with E-state index in [1.807, 2.05) is 0 Å². The number of methoxy groups -OCH3 is 1. The molecule has 0 bridgehead atoms. The van der Waals surface area contributed by atoms with E-state index in [2.05, 4.69) is 4.74 Å². The van der Waals surface area contributed by atoms with Crippen LogP contribution in [0.1, 0.15) is 13.8 Å². The van der Waals surface area contributed by atoms with Crippen LogP contribution in [0.15, 0.2) is 16.4 Å². The number of rotatable bonds is 3. The highest BCUT2D eigenvalue weighted by atomic mass is 32.1. The Balaban J connectivity index is 2.83. The summed E-state index contributed by atoms with van der Waals surface area (Å²) in [4.78, 5) is 22.5. The molecule has 5 heteroatoms. The zero-order valence-corrected chi connectivity index (χ0v) is 9.26. The highest BCUT2D eigenvalue weighted by molar-refractivity contribution is 7.07. The number of carbonyl (C=O) groups is 1. The molecule has 0 unspecified atom stereocenters. The number of nitrogens with zero attached hydrogens (tertiary/aromatic N) is 1. The average Bonchev–Trinajstić information content (AvgIpc) is 2.50. The van der Waals surface area contributed by atoms with E-state index >= 15 is 0 Å². The first-order valence-electron chi connectivity index (χ1n) is 4.20. The first kappa shape index (κ1) is 11.0. The molecule has 0 aliphatic rings. The maximum Gasteiger partial charge on any atom is 0.313 e. The first-order valence-corrected chi connectivity index (χ1v) is 5.08. The van der Waals surface area contributed by atoms with Crippen molar-refractivity contribution in [1.29, 1.82) is 0 Å². The van der Waals surface area contributed by atoms with Gasteiger partial charge < -0.3 is 9.30 Å². The summed E-state index contributed by atoms with van der Waals surface area (Å²) in [6, 6.07) is 0. The van der Waals surface area contributed by atoms with Gasteiger partial charge in [0.1, 0.15) is 0 Å². The lowest BCUT2D eigenvalue weighted by atomic mass is 9.94. The molecule has 0 saturated heterocycles. The molecule has 0 aliphatic carbocycles. The molecule has 0 N–H and O–H groups in total. The Morgan fingerprint density at radius 3 is 2.71 bits per heavy atom. The van der Waals surface area contributed by atoms with Crippen molar-refractivity contribution in [2.24, 2.45) is 5.41 Å². The van der Waals surface area contributed by atoms with Crippen molar-refractivity contribution in [2.75, 3.05) is 7.11 Å². The lowest BCUT2D eigenvalue weighted by Gasteiger charge is -2.21. The van der Waals surface area contributed by atoms with Gasteiger partial charge in [-0.2, -0.15) is 0 Å². The van der Waals surface area contributed by atoms with Gasteiger partial charge in [0.05, 0.1) is 12.5 Å². The summed E-state index contributed by atoms with van der Waals surface area (Å²) in [5.74, 6) is -0.310. The average molecular weight is 215 g/mol. The molecule has 1 heterocycles. The third-order valence-electron chi connectivity index (χ3n) is 1.95. The number of esters is 1. The Bertz CT molecular complexity index is 377. The molecule has 1 aromatic rings. The smallest absolute Gasteiger partial charge is 0.313 e. The third kappa shape index (κ3) is 2.23. The van der Waals surface area contributed by atoms with Crippen LogP contribution in [-0.4, -0.2) is 17.6 Å². The summed E-state index contributed by atoms with van der Waals surface area (Å²) in [7, 11) is 1.35. The molecule has 1 rings (SSSR count). The largest absolute Gasteiger partial charge is 0.469 e. The van der Waals surface area contributed by atoms with Gasteiger partial charge in [-0.3, -0.25) is 9.59 Å². The van der Waals surface area contributed by atoms with Crippen molar-refractivity contribution >= 4 is 17.3 Å². The van der Waals surface area contributed by atoms with Crippen LogP contribution in [0.25, 0.3) is 0 Å². The van der Waals surface area contributed by atoms with Crippen molar-refractivity contribution in [2.45, 2.75) is 20.4 Å². The van der Waals surface area contributed by atoms with Gasteiger partial charge in [-0.05, 0) is 13.8 Å². The van der Waals surface area contributed by atoms with Crippen LogP contribution in [0.2, 0.25) is 0 Å². The zero-order valence-electron chi connectivity index (χ0n) is 8.44. The number of thiazole rings is 1. The summed E-state index contributed by atoms with van der Waals surface area (Å²) < 4.78 is 6.17. The van der Waals surface area contributed by atoms with Gasteiger partial charge >= 0.3 is 10.8 Å². The van der Waals surface area contributed by atoms with Crippen LogP contribution >= 0.6 is 11.3 Å². The quantitative estimate of drug-likeness (QED) is 0.710. The van der Waals surface area contributed by atoms with E-state index in [1.165, 1.54) is 11.7 Å². The Labute approximate surface area is 86.1 Å². The van der Waals surface area contributed by atoms with Crippen LogP contribution in [0.3, 0.4) is 0 Å². The molecule has 0 saturated carbocycles. The fourth-order valence-corrected chi connectivity index (χ4v) is 1.76. The van der Waals surface area contributed by atoms with E-state index in [0.717, 1.165) is 11.3 Å². The molecule has 0 aromatic carbocycles. The van der Waals surface area contributed by atoms with Gasteiger partial charge in [0, 0.05) is 18.1 Å². The van der Waals surface area contributed by atoms with Gasteiger partial charge in [-0.1, -0.05) is 11.3 Å². The second kappa shape index (κ2) is 3.96. The van der Waals surface area contributed by atoms with Crippen LogP contribution < -0.4 is 4.87 Å². The molecule has 0 atom stereocenters. The van der Waals surface area contributed by atoms with E-state index in [1.54, 1.807) is 25.4 Å². The van der Waals surface area contributed by atoms with Crippen LogP contribution in [0.4, 0.5) is 0 Å². The van der Waals surface area contributed by atoms with Gasteiger partial charge in [0.15, 0.2) is 0 Å². The summed E-state index contributed by atoms with van der Waals surface area (Å²) in [5.41, 5.74) is -0.667. The van der Waals surface area contributed by atoms with Crippen molar-refractivity contribution in [3.8, 4) is 0 Å². The molecule has 0 amide bonds. The number of carbonyl (C=O) groups excluding carboxylic acids is 1. The van der Waals surface area contributed by atoms with Crippen molar-refractivity contribution in [1.82, 2.24) is 4.57 Å². The first-order chi connectivity index (χ1) is 6.47. The standard InChI is InChI=1S/C9H13NO3S/c1-9(2,7(11)13-3)6-10-4-5-14-8(10)12/h4-5H,6H2,1-3H3. The maximum atomic E-state index is 11.3. The number of hydrogen-bond acceptors (Lipinski definition) is 4. The monoisotopic (exact) mass is 215 g/mol. The Kier molecular flexibility index (Phi) is 3.10. The third-order valence-corrected chi connectivity index (χ3v) is 2.64. The zero-order chi connectivity index (χ0) is 10.8. The van der Waals surface area contributed by atoms with Crippen molar-refractivity contribution < 1.29 is 9.53 Å². The Hall–Kier alpha value is -1.10. The molecule has 0 aliphatic heterocycles. The SMILES string of the molecule is COC(=O)C(C)(C)Cn1ccsc1=O. The minimum absolute atomic E-state index is 0.0537. The number of hydrogen-bond donors (Lipinski definition) is 0. The minimum atomic E-state index is -0.667. The minimum Gasteiger partial charge on any atom is -0.469 e. The second-order valence-electron chi connectivity index (χ2n) is 3.67. The van der Waals surface area contributed by atoms with E-state index < -0.39 is 5.41 Å². The van der Waals surface area contributed by atoms with Gasteiger partial charge in [-0.25, -0.2) is 0 Å². The highest BCUT2D eigenvalue weighted by Crippen LogP contribution is 2.19. The van der Waals surface area contributed by atoms with Crippen LogP contribution in [-0.2, 0) is 16.1 Å². The summed E-state index contributed by atoms with van der Waals surface area (Å²) in [5, 5.41) is 1.70. The van der Waals surface area contributed by atoms with E-state index in [9.17, 15) is 9.59 Å². The summed E-state index contributed by atoms with van der Waals surface area (Å²) in [6.07, 6.45) is 1.68. The molecule has 0 radical (unpaired) electrons. The number of ether oxygens (including phenoxy) is 1. The maximum absolute atomic E-state index is 11.3. The predicted molar refractivity (Wildman–Crippen MR) is 54.4 cm³/mol. The van der Waals surface area contributed by atoms with Crippen LogP contribution in [0, 0.1) is 5.41 Å². The lowest BCUT2D eigenvalue weighted by molar-refractivity contribution is -0.151. The fourth-order valence-electron chi connectivity index (χ4n) is 1.17. The number of aromatic nitrogens is 1. The van der Waals surface area contributed by atoms with Crippen molar-refractivity contribution in [3.05, 3.63) is 21.2 Å². The second-order valence-corrected chi connectivity index (χ2v) is 4.53. The molecule has 14 heavy (non-hydrogen) atoms. The summed E-state index contributed by atoms with van der Waals surface area (Å²) in [6.45, 7) is 3.86. The summed E-state index contributed by atoms with van der Waals surface area (Å²) >= 11 is 1.12. The fraction of sp³-hybridized carbons (Fsp3) is 0.556. The lowest BCUT2D eigenvalue weighted by Crippen LogP contribution is -2.33.